The molecule has 2 nitrogen and oxygen atoms in total. The van der Waals surface area contributed by atoms with E-state index in [4.69, 9.17) is 11.2 Å². The molecule has 0 N–H and O–H groups in total. The number of rotatable bonds is 3. The van der Waals surface area contributed by atoms with Crippen LogP contribution in [0.15, 0.2) is 30.3 Å². The van der Waals surface area contributed by atoms with Crippen LogP contribution in [0.3, 0.4) is 0 Å². The second-order valence-electron chi connectivity index (χ2n) is 4.29. The van der Waals surface area contributed by atoms with Gasteiger partial charge in [0.2, 0.25) is 0 Å². The quantitative estimate of drug-likeness (QED) is 0.714. The van der Waals surface area contributed by atoms with Crippen LogP contribution in [0.25, 0.3) is 0 Å². The van der Waals surface area contributed by atoms with Crippen molar-refractivity contribution in [2.75, 3.05) is 20.2 Å². The minimum Gasteiger partial charge on any atom is -0.364 e. The van der Waals surface area contributed by atoms with Crippen LogP contribution in [0.2, 0.25) is 0 Å². The molecule has 0 radical (unpaired) electrons. The Bertz CT molecular complexity index is 381. The number of benzene rings is 1. The monoisotopic (exact) mass is 215 g/mol. The maximum Gasteiger partial charge on any atom is 0.141 e. The summed E-state index contributed by atoms with van der Waals surface area (Å²) in [6, 6.07) is 10.5. The first kappa shape index (κ1) is 11.2. The van der Waals surface area contributed by atoms with E-state index in [2.05, 4.69) is 35.1 Å². The van der Waals surface area contributed by atoms with E-state index in [1.54, 1.807) is 7.11 Å². The number of terminal acetylenes is 1. The number of nitrogens with zero attached hydrogens (tertiary/aromatic N) is 1. The van der Waals surface area contributed by atoms with Crippen LogP contribution in [0.4, 0.5) is 0 Å². The number of hydrogen-bond donors (Lipinski definition) is 0. The maximum atomic E-state index is 5.53. The van der Waals surface area contributed by atoms with Crippen molar-refractivity contribution in [1.29, 1.82) is 0 Å². The fraction of sp³-hybridized carbons (Fsp3) is 0.429. The van der Waals surface area contributed by atoms with Gasteiger partial charge in [-0.15, -0.1) is 6.42 Å². The van der Waals surface area contributed by atoms with E-state index in [9.17, 15) is 0 Å². The second-order valence-corrected chi connectivity index (χ2v) is 4.29. The summed E-state index contributed by atoms with van der Waals surface area (Å²) in [5.74, 6) is 2.78. The highest BCUT2D eigenvalue weighted by Gasteiger charge is 2.36. The van der Waals surface area contributed by atoms with Crippen LogP contribution >= 0.6 is 0 Å². The summed E-state index contributed by atoms with van der Waals surface area (Å²) in [7, 11) is 1.70. The fourth-order valence-corrected chi connectivity index (χ4v) is 2.18. The lowest BCUT2D eigenvalue weighted by atomic mass is 10.1. The molecule has 0 unspecified atom stereocenters. The molecule has 2 heteroatoms. The van der Waals surface area contributed by atoms with Gasteiger partial charge in [-0.1, -0.05) is 36.3 Å². The van der Waals surface area contributed by atoms with Gasteiger partial charge in [-0.05, 0) is 5.56 Å². The Balaban J connectivity index is 1.98. The molecular formula is C14H17NO. The molecule has 0 bridgehead atoms. The van der Waals surface area contributed by atoms with E-state index in [0.29, 0.717) is 0 Å². The molecule has 1 aromatic rings. The molecule has 1 aliphatic rings. The van der Waals surface area contributed by atoms with E-state index >= 15 is 0 Å². The Morgan fingerprint density at radius 2 is 2.19 bits per heavy atom. The van der Waals surface area contributed by atoms with E-state index in [0.717, 1.165) is 26.1 Å². The average molecular weight is 215 g/mol. The molecule has 1 fully saturated rings. The summed E-state index contributed by atoms with van der Waals surface area (Å²) < 4.78 is 5.44. The van der Waals surface area contributed by atoms with Crippen LogP contribution in [-0.4, -0.2) is 30.7 Å². The average Bonchev–Trinajstić information content (AvgIpc) is 2.75. The topological polar surface area (TPSA) is 12.5 Å². The molecule has 0 saturated carbocycles. The summed E-state index contributed by atoms with van der Waals surface area (Å²) >= 11 is 0. The van der Waals surface area contributed by atoms with Gasteiger partial charge in [0.25, 0.3) is 0 Å². The van der Waals surface area contributed by atoms with Gasteiger partial charge >= 0.3 is 0 Å². The molecule has 16 heavy (non-hydrogen) atoms. The number of methoxy groups -OCH3 is 1. The molecule has 1 heterocycles. The van der Waals surface area contributed by atoms with Crippen molar-refractivity contribution < 1.29 is 4.74 Å². The van der Waals surface area contributed by atoms with Gasteiger partial charge in [-0.3, -0.25) is 4.90 Å². The minimum atomic E-state index is -0.366. The summed E-state index contributed by atoms with van der Waals surface area (Å²) in [5, 5.41) is 0. The predicted octanol–water partition coefficient (Wildman–Crippen LogP) is 1.91. The van der Waals surface area contributed by atoms with Crippen molar-refractivity contribution in [2.45, 2.75) is 18.6 Å². The maximum absolute atomic E-state index is 5.53. The Morgan fingerprint density at radius 3 is 2.75 bits per heavy atom. The second kappa shape index (κ2) is 4.69. The highest BCUT2D eigenvalue weighted by atomic mass is 16.5. The van der Waals surface area contributed by atoms with E-state index in [1.165, 1.54) is 5.56 Å². The van der Waals surface area contributed by atoms with E-state index in [-0.39, 0.29) is 5.60 Å². The molecule has 1 atom stereocenters. The Hall–Kier alpha value is -1.30. The molecule has 84 valence electrons. The predicted molar refractivity (Wildman–Crippen MR) is 64.9 cm³/mol. The van der Waals surface area contributed by atoms with E-state index in [1.807, 2.05) is 6.07 Å². The smallest absolute Gasteiger partial charge is 0.141 e. The molecular weight excluding hydrogens is 198 g/mol. The van der Waals surface area contributed by atoms with Crippen molar-refractivity contribution in [1.82, 2.24) is 4.90 Å². The van der Waals surface area contributed by atoms with Crippen LogP contribution in [0.1, 0.15) is 12.0 Å². The van der Waals surface area contributed by atoms with Gasteiger partial charge < -0.3 is 4.74 Å². The molecule has 1 aliphatic heterocycles. The molecule has 2 rings (SSSR count). The molecule has 0 aromatic heterocycles. The Kier molecular flexibility index (Phi) is 3.28. The summed E-state index contributed by atoms with van der Waals surface area (Å²) in [5.41, 5.74) is 0.959. The largest absolute Gasteiger partial charge is 0.364 e. The molecule has 0 amide bonds. The van der Waals surface area contributed by atoms with Gasteiger partial charge in [-0.25, -0.2) is 0 Å². The zero-order valence-corrected chi connectivity index (χ0v) is 9.65. The Labute approximate surface area is 97.2 Å². The van der Waals surface area contributed by atoms with Crippen molar-refractivity contribution in [3.05, 3.63) is 35.9 Å². The minimum absolute atomic E-state index is 0.366. The van der Waals surface area contributed by atoms with Crippen molar-refractivity contribution in [3.8, 4) is 12.3 Å². The molecule has 1 saturated heterocycles. The number of likely N-dealkylation sites (tertiary alicyclic amines) is 1. The van der Waals surface area contributed by atoms with Crippen LogP contribution in [0, 0.1) is 12.3 Å². The summed E-state index contributed by atoms with van der Waals surface area (Å²) in [4.78, 5) is 2.35. The third-order valence-corrected chi connectivity index (χ3v) is 3.21. The zero-order chi connectivity index (χ0) is 11.4. The number of ether oxygens (including phenoxy) is 1. The van der Waals surface area contributed by atoms with Gasteiger partial charge in [0.15, 0.2) is 0 Å². The number of hydrogen-bond acceptors (Lipinski definition) is 2. The van der Waals surface area contributed by atoms with Crippen molar-refractivity contribution >= 4 is 0 Å². The third-order valence-electron chi connectivity index (χ3n) is 3.21. The van der Waals surface area contributed by atoms with Crippen molar-refractivity contribution in [2.24, 2.45) is 0 Å². The lowest BCUT2D eigenvalue weighted by Crippen LogP contribution is -2.33. The zero-order valence-electron chi connectivity index (χ0n) is 9.65. The van der Waals surface area contributed by atoms with Crippen LogP contribution in [0.5, 0.6) is 0 Å². The summed E-state index contributed by atoms with van der Waals surface area (Å²) in [6.07, 6.45) is 6.46. The van der Waals surface area contributed by atoms with E-state index < -0.39 is 0 Å². The standard InChI is InChI=1S/C14H17NO/c1-3-14(16-2)9-10-15(12-14)11-13-7-5-4-6-8-13/h1,4-8H,9-12H2,2H3/t14-/m0/s1. The van der Waals surface area contributed by atoms with Crippen LogP contribution < -0.4 is 0 Å². The summed E-state index contributed by atoms with van der Waals surface area (Å²) in [6.45, 7) is 2.79. The Morgan fingerprint density at radius 1 is 1.44 bits per heavy atom. The SMILES string of the molecule is C#C[C@]1(OC)CCN(Cc2ccccc2)C1. The van der Waals surface area contributed by atoms with Gasteiger partial charge in [0, 0.05) is 33.2 Å². The first-order chi connectivity index (χ1) is 7.78. The van der Waals surface area contributed by atoms with Gasteiger partial charge in [0.1, 0.15) is 5.60 Å². The third kappa shape index (κ3) is 2.27. The first-order valence-corrected chi connectivity index (χ1v) is 5.57. The molecule has 1 aromatic carbocycles. The highest BCUT2D eigenvalue weighted by molar-refractivity contribution is 5.17. The van der Waals surface area contributed by atoms with Crippen molar-refractivity contribution in [3.63, 3.8) is 0 Å². The van der Waals surface area contributed by atoms with Gasteiger partial charge in [0.05, 0.1) is 0 Å². The fourth-order valence-electron chi connectivity index (χ4n) is 2.18. The van der Waals surface area contributed by atoms with Gasteiger partial charge in [-0.2, -0.15) is 0 Å². The first-order valence-electron chi connectivity index (χ1n) is 5.57. The normalized spacial score (nSPS) is 25.5. The molecule has 0 spiro atoms. The molecule has 0 aliphatic carbocycles. The lowest BCUT2D eigenvalue weighted by molar-refractivity contribution is 0.0481. The highest BCUT2D eigenvalue weighted by Crippen LogP contribution is 2.25. The lowest BCUT2D eigenvalue weighted by Gasteiger charge is -2.22. The van der Waals surface area contributed by atoms with Crippen LogP contribution in [-0.2, 0) is 11.3 Å².